The lowest BCUT2D eigenvalue weighted by Crippen LogP contribution is -2.60. The summed E-state index contributed by atoms with van der Waals surface area (Å²) in [7, 11) is 0. The van der Waals surface area contributed by atoms with Crippen LogP contribution in [-0.2, 0) is 4.74 Å². The smallest absolute Gasteiger partial charge is 0.229 e. The van der Waals surface area contributed by atoms with E-state index in [1.54, 1.807) is 18.2 Å². The molecule has 1 saturated heterocycles. The summed E-state index contributed by atoms with van der Waals surface area (Å²) in [5.41, 5.74) is 0.300. The van der Waals surface area contributed by atoms with Gasteiger partial charge in [0.25, 0.3) is 0 Å². The predicted octanol–water partition coefficient (Wildman–Crippen LogP) is -0.932. The fourth-order valence-corrected chi connectivity index (χ4v) is 2.15. The molecule has 0 radical (unpaired) electrons. The first-order chi connectivity index (χ1) is 9.95. The molecule has 1 aliphatic heterocycles. The molecule has 5 atom stereocenters. The van der Waals surface area contributed by atoms with Gasteiger partial charge in [-0.15, -0.1) is 0 Å². The van der Waals surface area contributed by atoms with E-state index >= 15 is 0 Å². The topological polar surface area (TPSA) is 116 Å². The van der Waals surface area contributed by atoms with Gasteiger partial charge in [0.2, 0.25) is 6.29 Å². The third kappa shape index (κ3) is 3.22. The molecular weight excluding hydrogens is 280 g/mol. The highest BCUT2D eigenvalue weighted by atomic mass is 16.7. The summed E-state index contributed by atoms with van der Waals surface area (Å²) in [6.07, 6.45) is -6.85. The Kier molecular flexibility index (Phi) is 4.92. The molecule has 7 heteroatoms. The van der Waals surface area contributed by atoms with Crippen molar-refractivity contribution in [2.75, 3.05) is 6.61 Å². The highest BCUT2D eigenvalue weighted by molar-refractivity contribution is 5.96. The summed E-state index contributed by atoms with van der Waals surface area (Å²) >= 11 is 0. The van der Waals surface area contributed by atoms with Crippen molar-refractivity contribution in [3.63, 3.8) is 0 Å². The molecule has 1 aromatic rings. The summed E-state index contributed by atoms with van der Waals surface area (Å²) < 4.78 is 10.7. The van der Waals surface area contributed by atoms with E-state index in [4.69, 9.17) is 14.6 Å². The van der Waals surface area contributed by atoms with Crippen LogP contribution in [0.15, 0.2) is 24.3 Å². The van der Waals surface area contributed by atoms with Gasteiger partial charge < -0.3 is 29.9 Å². The monoisotopic (exact) mass is 298 g/mol. The SMILES string of the molecule is CC(=O)c1ccccc1O[C@H]1O[C@H](CO)[C@H](O)[C@H](O)[C@@H]1O. The molecule has 1 fully saturated rings. The van der Waals surface area contributed by atoms with Crippen molar-refractivity contribution < 1.29 is 34.7 Å². The van der Waals surface area contributed by atoms with Gasteiger partial charge in [-0.2, -0.15) is 0 Å². The molecular formula is C14H18O7. The Morgan fingerprint density at radius 2 is 1.86 bits per heavy atom. The molecule has 0 amide bonds. The van der Waals surface area contributed by atoms with Gasteiger partial charge in [0, 0.05) is 0 Å². The van der Waals surface area contributed by atoms with Crippen molar-refractivity contribution >= 4 is 5.78 Å². The molecule has 0 bridgehead atoms. The largest absolute Gasteiger partial charge is 0.461 e. The number of aliphatic hydroxyl groups is 4. The summed E-state index contributed by atoms with van der Waals surface area (Å²) in [4.78, 5) is 11.5. The van der Waals surface area contributed by atoms with Gasteiger partial charge in [-0.25, -0.2) is 0 Å². The first-order valence-corrected chi connectivity index (χ1v) is 6.53. The van der Waals surface area contributed by atoms with Gasteiger partial charge in [-0.1, -0.05) is 12.1 Å². The van der Waals surface area contributed by atoms with Gasteiger partial charge in [0.15, 0.2) is 5.78 Å². The van der Waals surface area contributed by atoms with Gasteiger partial charge in [0.05, 0.1) is 12.2 Å². The highest BCUT2D eigenvalue weighted by Gasteiger charge is 2.44. The van der Waals surface area contributed by atoms with Crippen molar-refractivity contribution in [3.8, 4) is 5.75 Å². The minimum Gasteiger partial charge on any atom is -0.461 e. The maximum absolute atomic E-state index is 11.5. The number of aliphatic hydroxyl groups excluding tert-OH is 4. The molecule has 0 saturated carbocycles. The molecule has 2 rings (SSSR count). The van der Waals surface area contributed by atoms with E-state index in [2.05, 4.69) is 0 Å². The molecule has 116 valence electrons. The molecule has 0 spiro atoms. The van der Waals surface area contributed by atoms with E-state index in [-0.39, 0.29) is 11.5 Å². The Bertz CT molecular complexity index is 502. The lowest BCUT2D eigenvalue weighted by molar-refractivity contribution is -0.277. The molecule has 4 N–H and O–H groups in total. The zero-order chi connectivity index (χ0) is 15.6. The lowest BCUT2D eigenvalue weighted by atomic mass is 9.99. The van der Waals surface area contributed by atoms with Crippen LogP contribution in [0.25, 0.3) is 0 Å². The van der Waals surface area contributed by atoms with Crippen molar-refractivity contribution in [1.29, 1.82) is 0 Å². The molecule has 0 aromatic heterocycles. The van der Waals surface area contributed by atoms with Crippen LogP contribution in [0.5, 0.6) is 5.75 Å². The first kappa shape index (κ1) is 15.9. The lowest BCUT2D eigenvalue weighted by Gasteiger charge is -2.39. The van der Waals surface area contributed by atoms with Crippen LogP contribution >= 0.6 is 0 Å². The van der Waals surface area contributed by atoms with Gasteiger partial charge in [-0.05, 0) is 19.1 Å². The average molecular weight is 298 g/mol. The minimum absolute atomic E-state index is 0.189. The highest BCUT2D eigenvalue weighted by Crippen LogP contribution is 2.26. The van der Waals surface area contributed by atoms with Crippen molar-refractivity contribution in [2.24, 2.45) is 0 Å². The number of rotatable bonds is 4. The Morgan fingerprint density at radius 3 is 2.48 bits per heavy atom. The average Bonchev–Trinajstić information content (AvgIpc) is 2.48. The maximum atomic E-state index is 11.5. The van der Waals surface area contributed by atoms with Crippen molar-refractivity contribution in [3.05, 3.63) is 29.8 Å². The van der Waals surface area contributed by atoms with Crippen molar-refractivity contribution in [1.82, 2.24) is 0 Å². The second kappa shape index (κ2) is 6.50. The summed E-state index contributed by atoms with van der Waals surface area (Å²) in [5.74, 6) is -0.0375. The molecule has 1 aliphatic rings. The fourth-order valence-electron chi connectivity index (χ4n) is 2.15. The van der Waals surface area contributed by atoms with Gasteiger partial charge in [0.1, 0.15) is 30.2 Å². The van der Waals surface area contributed by atoms with Crippen molar-refractivity contribution in [2.45, 2.75) is 37.6 Å². The minimum atomic E-state index is -1.52. The third-order valence-electron chi connectivity index (χ3n) is 3.36. The van der Waals surface area contributed by atoms with E-state index in [0.717, 1.165) is 0 Å². The molecule has 1 aromatic carbocycles. The second-order valence-electron chi connectivity index (χ2n) is 4.87. The van der Waals surface area contributed by atoms with Crippen LogP contribution in [0, 0.1) is 0 Å². The van der Waals surface area contributed by atoms with E-state index in [1.807, 2.05) is 0 Å². The van der Waals surface area contributed by atoms with Gasteiger partial charge in [-0.3, -0.25) is 4.79 Å². The fraction of sp³-hybridized carbons (Fsp3) is 0.500. The Hall–Kier alpha value is -1.51. The molecule has 0 aliphatic carbocycles. The van der Waals surface area contributed by atoms with E-state index in [9.17, 15) is 20.1 Å². The Labute approximate surface area is 121 Å². The number of hydrogen-bond acceptors (Lipinski definition) is 7. The van der Waals surface area contributed by atoms with E-state index in [1.165, 1.54) is 13.0 Å². The summed E-state index contributed by atoms with van der Waals surface area (Å²) in [5, 5.41) is 38.4. The molecule has 21 heavy (non-hydrogen) atoms. The molecule has 0 unspecified atom stereocenters. The number of ketones is 1. The predicted molar refractivity (Wildman–Crippen MR) is 70.8 cm³/mol. The summed E-state index contributed by atoms with van der Waals surface area (Å²) in [6.45, 7) is 0.828. The van der Waals surface area contributed by atoms with Crippen LogP contribution in [0.3, 0.4) is 0 Å². The maximum Gasteiger partial charge on any atom is 0.229 e. The van der Waals surface area contributed by atoms with Crippen LogP contribution in [0.1, 0.15) is 17.3 Å². The molecule has 7 nitrogen and oxygen atoms in total. The second-order valence-corrected chi connectivity index (χ2v) is 4.87. The van der Waals surface area contributed by atoms with Crippen LogP contribution < -0.4 is 4.74 Å². The zero-order valence-electron chi connectivity index (χ0n) is 11.4. The quantitative estimate of drug-likeness (QED) is 0.530. The number of ether oxygens (including phenoxy) is 2. The number of Topliss-reactive ketones (excluding diaryl/α,β-unsaturated/α-hetero) is 1. The van der Waals surface area contributed by atoms with E-state index < -0.39 is 37.3 Å². The first-order valence-electron chi connectivity index (χ1n) is 6.53. The third-order valence-corrected chi connectivity index (χ3v) is 3.36. The number of carbonyl (C=O) groups excluding carboxylic acids is 1. The number of carbonyl (C=O) groups is 1. The standard InChI is InChI=1S/C14H18O7/c1-7(16)8-4-2-3-5-9(8)20-14-13(19)12(18)11(17)10(6-15)21-14/h2-5,10-15,17-19H,6H2,1H3/t10-,11+,12+,13+,14+/m1/s1. The number of benzene rings is 1. The van der Waals surface area contributed by atoms with Crippen LogP contribution in [-0.4, -0.2) is 63.5 Å². The molecule has 1 heterocycles. The number of hydrogen-bond donors (Lipinski definition) is 4. The number of para-hydroxylation sites is 1. The van der Waals surface area contributed by atoms with Gasteiger partial charge >= 0.3 is 0 Å². The van der Waals surface area contributed by atoms with E-state index in [0.29, 0.717) is 5.56 Å². The van der Waals surface area contributed by atoms with Crippen LogP contribution in [0.4, 0.5) is 0 Å². The Balaban J connectivity index is 2.20. The summed E-state index contributed by atoms with van der Waals surface area (Å²) in [6, 6.07) is 6.39. The normalized spacial score (nSPS) is 32.7. The zero-order valence-corrected chi connectivity index (χ0v) is 11.4. The Morgan fingerprint density at radius 1 is 1.19 bits per heavy atom. The van der Waals surface area contributed by atoms with Crippen LogP contribution in [0.2, 0.25) is 0 Å².